The average molecular weight is 488 g/mol. The summed E-state index contributed by atoms with van der Waals surface area (Å²) in [6, 6.07) is 6.81. The molecule has 0 spiro atoms. The summed E-state index contributed by atoms with van der Waals surface area (Å²) in [4.78, 5) is 3.87. The van der Waals surface area contributed by atoms with Crippen molar-refractivity contribution < 1.29 is 14.9 Å². The number of aliphatic hydroxyl groups excluding tert-OH is 1. The van der Waals surface area contributed by atoms with Gasteiger partial charge < -0.3 is 19.9 Å². The Bertz CT molecular complexity index is 1320. The number of fused-ring (bicyclic) bond motifs is 9. The van der Waals surface area contributed by atoms with E-state index < -0.39 is 17.8 Å². The molecule has 3 aliphatic carbocycles. The van der Waals surface area contributed by atoms with Crippen LogP contribution in [0.15, 0.2) is 54.7 Å². The highest BCUT2D eigenvalue weighted by Gasteiger charge is 2.69. The summed E-state index contributed by atoms with van der Waals surface area (Å²) in [5.74, 6) is 0.479. The van der Waals surface area contributed by atoms with Gasteiger partial charge in [-0.2, -0.15) is 0 Å². The zero-order chi connectivity index (χ0) is 25.8. The van der Waals surface area contributed by atoms with Crippen LogP contribution in [0.25, 0.3) is 10.9 Å². The molecule has 4 heteroatoms. The molecule has 2 fully saturated rings. The van der Waals surface area contributed by atoms with E-state index in [1.54, 1.807) is 0 Å². The molecule has 0 saturated heterocycles. The van der Waals surface area contributed by atoms with Crippen molar-refractivity contribution in [3.63, 3.8) is 0 Å². The fourth-order valence-corrected chi connectivity index (χ4v) is 8.38. The van der Waals surface area contributed by atoms with Crippen LogP contribution in [0.2, 0.25) is 0 Å². The molecule has 0 bridgehead atoms. The molecule has 0 amide bonds. The minimum absolute atomic E-state index is 0.0957. The molecule has 4 aliphatic rings. The number of rotatable bonds is 3. The summed E-state index contributed by atoms with van der Waals surface area (Å²) in [5.41, 5.74) is 5.18. The maximum absolute atomic E-state index is 12.6. The smallest absolute Gasteiger partial charge is 0.108 e. The Morgan fingerprint density at radius 2 is 1.97 bits per heavy atom. The second-order valence-corrected chi connectivity index (χ2v) is 13.0. The van der Waals surface area contributed by atoms with Gasteiger partial charge in [0.2, 0.25) is 0 Å². The average Bonchev–Trinajstić information content (AvgIpc) is 3.34. The Hall–Kier alpha value is -2.14. The first-order valence-electron chi connectivity index (χ1n) is 13.6. The van der Waals surface area contributed by atoms with Crippen LogP contribution in [0.1, 0.15) is 77.1 Å². The van der Waals surface area contributed by atoms with E-state index in [0.717, 1.165) is 36.8 Å². The standard InChI is InChI=1S/C32H41NO3/c1-8-29(4,5)19-9-10-21-22-15-20-11-14-32(35)23-17-25(34)27(18(2)3)36-26(23)12-13-30(32,6)31(20,7)28(22)33-24(21)16-19/h8-10,16-17,20,25-27,33-35H,1-2,11-15H2,3-7H3/t20?,25-,26?,27-,30-,31-,32-/m1/s1. The molecule has 1 aliphatic heterocycles. The number of nitrogens with one attached hydrogen (secondary N) is 1. The van der Waals surface area contributed by atoms with E-state index in [9.17, 15) is 10.2 Å². The quantitative estimate of drug-likeness (QED) is 0.464. The van der Waals surface area contributed by atoms with Gasteiger partial charge >= 0.3 is 0 Å². The van der Waals surface area contributed by atoms with Gasteiger partial charge in [-0.1, -0.05) is 52.5 Å². The largest absolute Gasteiger partial charge is 0.386 e. The van der Waals surface area contributed by atoms with Gasteiger partial charge in [0.15, 0.2) is 0 Å². The van der Waals surface area contributed by atoms with E-state index in [1.165, 1.54) is 27.7 Å². The zero-order valence-corrected chi connectivity index (χ0v) is 22.4. The molecule has 1 aromatic heterocycles. The molecule has 4 nitrogen and oxygen atoms in total. The molecule has 6 rings (SSSR count). The van der Waals surface area contributed by atoms with Gasteiger partial charge in [-0.15, -0.1) is 6.58 Å². The molecular weight excluding hydrogens is 446 g/mol. The van der Waals surface area contributed by atoms with Crippen LogP contribution in [0, 0.1) is 11.3 Å². The Kier molecular flexibility index (Phi) is 5.02. The fraction of sp³-hybridized carbons (Fsp3) is 0.562. The Balaban J connectivity index is 1.48. The van der Waals surface area contributed by atoms with Crippen molar-refractivity contribution in [1.82, 2.24) is 4.98 Å². The van der Waals surface area contributed by atoms with Crippen LogP contribution >= 0.6 is 0 Å². The number of H-pyrrole nitrogens is 1. The van der Waals surface area contributed by atoms with E-state index in [4.69, 9.17) is 4.74 Å². The molecule has 2 unspecified atom stereocenters. The van der Waals surface area contributed by atoms with Gasteiger partial charge in [0.1, 0.15) is 12.2 Å². The molecule has 36 heavy (non-hydrogen) atoms. The van der Waals surface area contributed by atoms with Gasteiger partial charge in [0.05, 0.1) is 11.7 Å². The maximum Gasteiger partial charge on any atom is 0.108 e. The minimum atomic E-state index is -1.02. The first-order valence-corrected chi connectivity index (χ1v) is 13.6. The normalized spacial score (nSPS) is 39.6. The molecule has 2 saturated carbocycles. The van der Waals surface area contributed by atoms with E-state index in [1.807, 2.05) is 19.1 Å². The highest BCUT2D eigenvalue weighted by Crippen LogP contribution is 2.69. The van der Waals surface area contributed by atoms with Crippen molar-refractivity contribution in [2.24, 2.45) is 11.3 Å². The number of aromatic nitrogens is 1. The summed E-state index contributed by atoms with van der Waals surface area (Å²) in [6.07, 6.45) is 7.00. The van der Waals surface area contributed by atoms with Gasteiger partial charge in [0.25, 0.3) is 0 Å². The predicted molar refractivity (Wildman–Crippen MR) is 145 cm³/mol. The first kappa shape index (κ1) is 24.2. The topological polar surface area (TPSA) is 65.5 Å². The van der Waals surface area contributed by atoms with Crippen molar-refractivity contribution in [2.75, 3.05) is 0 Å². The third-order valence-corrected chi connectivity index (χ3v) is 11.0. The maximum atomic E-state index is 12.6. The number of allylic oxidation sites excluding steroid dienone is 1. The lowest BCUT2D eigenvalue weighted by atomic mass is 9.42. The molecule has 2 heterocycles. The number of ether oxygens (including phenoxy) is 1. The van der Waals surface area contributed by atoms with E-state index in [2.05, 4.69) is 64.0 Å². The van der Waals surface area contributed by atoms with Crippen molar-refractivity contribution in [3.8, 4) is 0 Å². The number of aliphatic hydroxyl groups is 2. The fourth-order valence-electron chi connectivity index (χ4n) is 8.38. The summed E-state index contributed by atoms with van der Waals surface area (Å²) < 4.78 is 6.35. The number of aromatic amines is 1. The van der Waals surface area contributed by atoms with Crippen LogP contribution in [-0.4, -0.2) is 39.1 Å². The predicted octanol–water partition coefficient (Wildman–Crippen LogP) is 6.02. The molecule has 7 atom stereocenters. The van der Waals surface area contributed by atoms with Crippen LogP contribution in [0.4, 0.5) is 0 Å². The first-order chi connectivity index (χ1) is 16.9. The summed E-state index contributed by atoms with van der Waals surface area (Å²) in [6.45, 7) is 19.0. The zero-order valence-electron chi connectivity index (χ0n) is 22.4. The van der Waals surface area contributed by atoms with Gasteiger partial charge in [-0.3, -0.25) is 0 Å². The van der Waals surface area contributed by atoms with Gasteiger partial charge in [0, 0.05) is 32.8 Å². The second kappa shape index (κ2) is 7.46. The number of hydrogen-bond acceptors (Lipinski definition) is 3. The van der Waals surface area contributed by atoms with Gasteiger partial charge in [-0.05, 0) is 79.4 Å². The van der Waals surface area contributed by atoms with Crippen molar-refractivity contribution in [3.05, 3.63) is 71.5 Å². The Labute approximate surface area is 215 Å². The molecule has 3 N–H and O–H groups in total. The lowest BCUT2D eigenvalue weighted by Gasteiger charge is -2.65. The third kappa shape index (κ3) is 2.81. The molecule has 2 aromatic rings. The lowest BCUT2D eigenvalue weighted by molar-refractivity contribution is -0.185. The van der Waals surface area contributed by atoms with Gasteiger partial charge in [-0.25, -0.2) is 0 Å². The SMILES string of the molecule is C=CC(C)(C)c1ccc2c3c([nH]c2c1)[C@@]1(C)C(CC[C@@]2(O)C4=C[C@@H](O)[C@@H](C(=C)C)OC4CC[C@@]21C)C3. The Morgan fingerprint density at radius 1 is 1.22 bits per heavy atom. The van der Waals surface area contributed by atoms with Crippen LogP contribution in [-0.2, 0) is 22.0 Å². The minimum Gasteiger partial charge on any atom is -0.386 e. The molecule has 1 aromatic carbocycles. The highest BCUT2D eigenvalue weighted by atomic mass is 16.5. The number of benzene rings is 1. The molecule has 192 valence electrons. The van der Waals surface area contributed by atoms with E-state index in [0.29, 0.717) is 12.3 Å². The molecular formula is C32H41NO3. The lowest BCUT2D eigenvalue weighted by Crippen LogP contribution is -2.67. The van der Waals surface area contributed by atoms with E-state index in [-0.39, 0.29) is 22.3 Å². The third-order valence-electron chi connectivity index (χ3n) is 11.0. The van der Waals surface area contributed by atoms with E-state index >= 15 is 0 Å². The van der Waals surface area contributed by atoms with Crippen molar-refractivity contribution in [1.29, 1.82) is 0 Å². The number of hydrogen-bond donors (Lipinski definition) is 3. The van der Waals surface area contributed by atoms with Crippen molar-refractivity contribution >= 4 is 10.9 Å². The van der Waals surface area contributed by atoms with Crippen LogP contribution in [0.5, 0.6) is 0 Å². The highest BCUT2D eigenvalue weighted by molar-refractivity contribution is 5.87. The second-order valence-electron chi connectivity index (χ2n) is 13.0. The molecule has 0 radical (unpaired) electrons. The summed E-state index contributed by atoms with van der Waals surface area (Å²) in [5, 5.41) is 24.8. The van der Waals surface area contributed by atoms with Crippen molar-refractivity contribution in [2.45, 2.75) is 101 Å². The Morgan fingerprint density at radius 3 is 2.67 bits per heavy atom. The van der Waals surface area contributed by atoms with Crippen LogP contribution < -0.4 is 0 Å². The van der Waals surface area contributed by atoms with Crippen LogP contribution in [0.3, 0.4) is 0 Å². The summed E-state index contributed by atoms with van der Waals surface area (Å²) in [7, 11) is 0. The monoisotopic (exact) mass is 487 g/mol. The summed E-state index contributed by atoms with van der Waals surface area (Å²) >= 11 is 0.